The van der Waals surface area contributed by atoms with Gasteiger partial charge in [-0.25, -0.2) is 4.98 Å². The lowest BCUT2D eigenvalue weighted by molar-refractivity contribution is -0.118. The first-order valence-corrected chi connectivity index (χ1v) is 8.54. The molecule has 2 heterocycles. The highest BCUT2D eigenvalue weighted by Gasteiger charge is 2.19. The molecule has 5 nitrogen and oxygen atoms in total. The van der Waals surface area contributed by atoms with Gasteiger partial charge in [0.05, 0.1) is 11.7 Å². The Morgan fingerprint density at radius 1 is 1.29 bits per heavy atom. The second-order valence-corrected chi connectivity index (χ2v) is 7.18. The number of nitrogens with zero attached hydrogens (tertiary/aromatic N) is 2. The minimum atomic E-state index is -0.644. The molecule has 0 fully saturated rings. The number of benzene rings is 1. The third kappa shape index (κ3) is 2.85. The molecule has 0 saturated heterocycles. The van der Waals surface area contributed by atoms with Gasteiger partial charge in [0, 0.05) is 10.6 Å². The third-order valence-corrected chi connectivity index (χ3v) is 5.22. The van der Waals surface area contributed by atoms with Gasteiger partial charge >= 0.3 is 0 Å². The van der Waals surface area contributed by atoms with Gasteiger partial charge < -0.3 is 5.32 Å². The Morgan fingerprint density at radius 3 is 2.79 bits per heavy atom. The van der Waals surface area contributed by atoms with E-state index in [1.54, 1.807) is 6.92 Å². The Morgan fingerprint density at radius 2 is 2.04 bits per heavy atom. The van der Waals surface area contributed by atoms with E-state index in [-0.39, 0.29) is 11.5 Å². The van der Waals surface area contributed by atoms with E-state index in [9.17, 15) is 9.59 Å². The number of hydrogen-bond donors (Lipinski definition) is 1. The standard InChI is InChI=1S/C18H19N3O2S/c1-10-6-5-7-15(12(10)3)20-16(22)13(4)21-9-19-17-14(18(21)23)8-11(2)24-17/h5-9,13H,1-4H3,(H,20,22)/t13-/m1/s1. The van der Waals surface area contributed by atoms with E-state index in [0.717, 1.165) is 21.7 Å². The fourth-order valence-corrected chi connectivity index (χ4v) is 3.42. The molecule has 1 N–H and O–H groups in total. The average molecular weight is 341 g/mol. The first kappa shape index (κ1) is 16.4. The zero-order chi connectivity index (χ0) is 17.4. The number of nitrogens with one attached hydrogen (secondary N) is 1. The molecular formula is C18H19N3O2S. The van der Waals surface area contributed by atoms with Crippen molar-refractivity contribution in [3.8, 4) is 0 Å². The number of aromatic nitrogens is 2. The van der Waals surface area contributed by atoms with Crippen LogP contribution in [0.3, 0.4) is 0 Å². The van der Waals surface area contributed by atoms with Crippen molar-refractivity contribution in [3.05, 3.63) is 57.0 Å². The summed E-state index contributed by atoms with van der Waals surface area (Å²) in [6, 6.07) is 6.93. The Balaban J connectivity index is 1.92. The fraction of sp³-hybridized carbons (Fsp3) is 0.278. The molecule has 3 rings (SSSR count). The Bertz CT molecular complexity index is 988. The summed E-state index contributed by atoms with van der Waals surface area (Å²) in [5.41, 5.74) is 2.70. The molecule has 1 aromatic carbocycles. The number of aryl methyl sites for hydroxylation is 2. The molecule has 0 bridgehead atoms. The Labute approximate surface area is 144 Å². The van der Waals surface area contributed by atoms with Crippen molar-refractivity contribution in [1.82, 2.24) is 9.55 Å². The minimum Gasteiger partial charge on any atom is -0.324 e. The number of rotatable bonds is 3. The predicted octanol–water partition coefficient (Wildman–Crippen LogP) is 3.58. The summed E-state index contributed by atoms with van der Waals surface area (Å²) >= 11 is 1.48. The summed E-state index contributed by atoms with van der Waals surface area (Å²) in [4.78, 5) is 31.2. The number of anilines is 1. The first-order chi connectivity index (χ1) is 11.4. The molecule has 0 spiro atoms. The summed E-state index contributed by atoms with van der Waals surface area (Å²) < 4.78 is 1.38. The number of carbonyl (C=O) groups is 1. The number of carbonyl (C=O) groups excluding carboxylic acids is 1. The van der Waals surface area contributed by atoms with Gasteiger partial charge in [-0.1, -0.05) is 12.1 Å². The zero-order valence-corrected chi connectivity index (χ0v) is 14.9. The van der Waals surface area contributed by atoms with Crippen molar-refractivity contribution in [2.45, 2.75) is 33.7 Å². The van der Waals surface area contributed by atoms with Crippen LogP contribution in [0, 0.1) is 20.8 Å². The fourth-order valence-electron chi connectivity index (χ4n) is 2.58. The molecule has 0 aliphatic carbocycles. The van der Waals surface area contributed by atoms with Crippen LogP contribution in [0.15, 0.2) is 35.4 Å². The Hall–Kier alpha value is -2.47. The van der Waals surface area contributed by atoms with Crippen molar-refractivity contribution in [2.75, 3.05) is 5.32 Å². The quantitative estimate of drug-likeness (QED) is 0.792. The van der Waals surface area contributed by atoms with E-state index in [4.69, 9.17) is 0 Å². The number of hydrogen-bond acceptors (Lipinski definition) is 4. The van der Waals surface area contributed by atoms with Gasteiger partial charge in [-0.05, 0) is 51.0 Å². The molecule has 2 aromatic heterocycles. The van der Waals surface area contributed by atoms with E-state index in [1.165, 1.54) is 22.2 Å². The largest absolute Gasteiger partial charge is 0.324 e. The van der Waals surface area contributed by atoms with Gasteiger partial charge in [-0.2, -0.15) is 0 Å². The lowest BCUT2D eigenvalue weighted by atomic mass is 10.1. The van der Waals surface area contributed by atoms with Crippen LogP contribution in [0.1, 0.15) is 29.0 Å². The van der Waals surface area contributed by atoms with E-state index in [0.29, 0.717) is 10.2 Å². The van der Waals surface area contributed by atoms with E-state index in [2.05, 4.69) is 10.3 Å². The van der Waals surface area contributed by atoms with Crippen LogP contribution in [0.2, 0.25) is 0 Å². The highest BCUT2D eigenvalue weighted by Crippen LogP contribution is 2.21. The molecule has 0 aliphatic rings. The van der Waals surface area contributed by atoms with Gasteiger partial charge in [-0.15, -0.1) is 11.3 Å². The summed E-state index contributed by atoms with van der Waals surface area (Å²) in [5, 5.41) is 3.47. The van der Waals surface area contributed by atoms with Gasteiger partial charge in [0.1, 0.15) is 10.9 Å². The van der Waals surface area contributed by atoms with Crippen molar-refractivity contribution < 1.29 is 4.79 Å². The molecule has 3 aromatic rings. The smallest absolute Gasteiger partial charge is 0.262 e. The maximum Gasteiger partial charge on any atom is 0.262 e. The van der Waals surface area contributed by atoms with Gasteiger partial charge in [0.15, 0.2) is 0 Å². The number of amides is 1. The normalized spacial score (nSPS) is 12.3. The highest BCUT2D eigenvalue weighted by molar-refractivity contribution is 7.18. The van der Waals surface area contributed by atoms with Crippen LogP contribution >= 0.6 is 11.3 Å². The number of fused-ring (bicyclic) bond motifs is 1. The van der Waals surface area contributed by atoms with Crippen LogP contribution < -0.4 is 10.9 Å². The maximum absolute atomic E-state index is 12.6. The average Bonchev–Trinajstić information content (AvgIpc) is 2.93. The van der Waals surface area contributed by atoms with Crippen molar-refractivity contribution in [1.29, 1.82) is 0 Å². The van der Waals surface area contributed by atoms with Gasteiger partial charge in [0.2, 0.25) is 5.91 Å². The van der Waals surface area contributed by atoms with E-state index in [1.807, 2.05) is 45.0 Å². The molecule has 0 unspecified atom stereocenters. The predicted molar refractivity (Wildman–Crippen MR) is 97.9 cm³/mol. The highest BCUT2D eigenvalue weighted by atomic mass is 32.1. The van der Waals surface area contributed by atoms with Crippen LogP contribution in [-0.2, 0) is 4.79 Å². The van der Waals surface area contributed by atoms with Gasteiger partial charge in [0.25, 0.3) is 5.56 Å². The zero-order valence-electron chi connectivity index (χ0n) is 14.1. The summed E-state index contributed by atoms with van der Waals surface area (Å²) in [6.45, 7) is 7.60. The van der Waals surface area contributed by atoms with E-state index < -0.39 is 6.04 Å². The van der Waals surface area contributed by atoms with E-state index >= 15 is 0 Å². The molecule has 1 amide bonds. The molecule has 0 radical (unpaired) electrons. The second-order valence-electron chi connectivity index (χ2n) is 5.95. The van der Waals surface area contributed by atoms with Gasteiger partial charge in [-0.3, -0.25) is 14.2 Å². The van der Waals surface area contributed by atoms with Crippen LogP contribution in [0.25, 0.3) is 10.2 Å². The molecule has 1 atom stereocenters. The summed E-state index contributed by atoms with van der Waals surface area (Å²) in [6.07, 6.45) is 1.45. The third-order valence-electron chi connectivity index (χ3n) is 4.26. The molecule has 124 valence electrons. The monoisotopic (exact) mass is 341 g/mol. The Kier molecular flexibility index (Phi) is 4.24. The van der Waals surface area contributed by atoms with Crippen LogP contribution in [-0.4, -0.2) is 15.5 Å². The molecule has 6 heteroatoms. The van der Waals surface area contributed by atoms with Crippen molar-refractivity contribution in [3.63, 3.8) is 0 Å². The second kappa shape index (κ2) is 6.20. The minimum absolute atomic E-state index is 0.187. The molecule has 0 aliphatic heterocycles. The van der Waals surface area contributed by atoms with Crippen LogP contribution in [0.5, 0.6) is 0 Å². The first-order valence-electron chi connectivity index (χ1n) is 7.73. The molecular weight excluding hydrogens is 322 g/mol. The summed E-state index contributed by atoms with van der Waals surface area (Å²) in [5.74, 6) is -0.237. The topological polar surface area (TPSA) is 64.0 Å². The summed E-state index contributed by atoms with van der Waals surface area (Å²) in [7, 11) is 0. The van der Waals surface area contributed by atoms with Crippen LogP contribution in [0.4, 0.5) is 5.69 Å². The lowest BCUT2D eigenvalue weighted by Gasteiger charge is -2.16. The maximum atomic E-state index is 12.6. The SMILES string of the molecule is Cc1cc2c(=O)n([C@H](C)C(=O)Nc3cccc(C)c3C)cnc2s1. The van der Waals surface area contributed by atoms with Crippen molar-refractivity contribution in [2.24, 2.45) is 0 Å². The lowest BCUT2D eigenvalue weighted by Crippen LogP contribution is -2.31. The van der Waals surface area contributed by atoms with Crippen molar-refractivity contribution >= 4 is 33.1 Å². The number of thiophene rings is 1. The molecule has 0 saturated carbocycles. The molecule has 24 heavy (non-hydrogen) atoms.